The van der Waals surface area contributed by atoms with E-state index in [1.807, 2.05) is 4.90 Å². The molecular formula is C18H19N3O5. The van der Waals surface area contributed by atoms with Crippen molar-refractivity contribution < 1.29 is 23.9 Å². The van der Waals surface area contributed by atoms with Crippen LogP contribution in [0.15, 0.2) is 47.1 Å². The Kier molecular flexibility index (Phi) is 5.33. The highest BCUT2D eigenvalue weighted by Gasteiger charge is 2.24. The van der Waals surface area contributed by atoms with Gasteiger partial charge < -0.3 is 19.7 Å². The average molecular weight is 357 g/mol. The Morgan fingerprint density at radius 2 is 1.73 bits per heavy atom. The van der Waals surface area contributed by atoms with E-state index in [0.717, 1.165) is 0 Å². The Balaban J connectivity index is 1.46. The largest absolute Gasteiger partial charge is 0.478 e. The van der Waals surface area contributed by atoms with Gasteiger partial charge in [0.25, 0.3) is 5.91 Å². The van der Waals surface area contributed by atoms with Crippen LogP contribution in [0.2, 0.25) is 0 Å². The first-order valence-electron chi connectivity index (χ1n) is 8.21. The molecule has 2 amide bonds. The number of nitrogens with one attached hydrogen (secondary N) is 1. The fourth-order valence-electron chi connectivity index (χ4n) is 2.76. The summed E-state index contributed by atoms with van der Waals surface area (Å²) in [5, 5.41) is 11.6. The van der Waals surface area contributed by atoms with E-state index in [4.69, 9.17) is 9.52 Å². The molecular weight excluding hydrogens is 338 g/mol. The standard InChI is InChI=1S/C18H19N3O5/c22-16(19-14-5-3-13(4-6-14)18(24)25)12-20-7-9-21(10-8-20)17(23)15-2-1-11-26-15/h1-6,11H,7-10,12H2,(H,19,22)(H,24,25). The molecule has 2 aromatic rings. The molecule has 8 heteroatoms. The van der Waals surface area contributed by atoms with Gasteiger partial charge in [-0.1, -0.05) is 0 Å². The lowest BCUT2D eigenvalue weighted by Gasteiger charge is -2.33. The monoisotopic (exact) mass is 357 g/mol. The van der Waals surface area contributed by atoms with Gasteiger partial charge in [-0.2, -0.15) is 0 Å². The van der Waals surface area contributed by atoms with Gasteiger partial charge in [-0.25, -0.2) is 4.79 Å². The van der Waals surface area contributed by atoms with E-state index in [-0.39, 0.29) is 23.9 Å². The molecule has 0 radical (unpaired) electrons. The topological polar surface area (TPSA) is 103 Å². The van der Waals surface area contributed by atoms with Gasteiger partial charge in [-0.3, -0.25) is 14.5 Å². The van der Waals surface area contributed by atoms with E-state index in [0.29, 0.717) is 37.6 Å². The zero-order valence-corrected chi connectivity index (χ0v) is 14.1. The molecule has 1 aromatic carbocycles. The number of carbonyl (C=O) groups is 3. The zero-order valence-electron chi connectivity index (χ0n) is 14.1. The lowest BCUT2D eigenvalue weighted by Crippen LogP contribution is -2.50. The second kappa shape index (κ2) is 7.83. The Hall–Kier alpha value is -3.13. The molecule has 26 heavy (non-hydrogen) atoms. The first-order valence-corrected chi connectivity index (χ1v) is 8.21. The summed E-state index contributed by atoms with van der Waals surface area (Å²) in [6.07, 6.45) is 1.47. The van der Waals surface area contributed by atoms with Gasteiger partial charge in [0.15, 0.2) is 5.76 Å². The molecule has 0 spiro atoms. The normalized spacial score (nSPS) is 14.8. The van der Waals surface area contributed by atoms with Gasteiger partial charge in [-0.15, -0.1) is 0 Å². The number of anilines is 1. The number of carboxylic acid groups (broad SMARTS) is 1. The summed E-state index contributed by atoms with van der Waals surface area (Å²) in [7, 11) is 0. The molecule has 2 N–H and O–H groups in total. The molecule has 0 atom stereocenters. The number of benzene rings is 1. The van der Waals surface area contributed by atoms with Gasteiger partial charge in [-0.05, 0) is 36.4 Å². The number of carboxylic acids is 1. The van der Waals surface area contributed by atoms with Crippen LogP contribution in [0.5, 0.6) is 0 Å². The molecule has 2 heterocycles. The van der Waals surface area contributed by atoms with Gasteiger partial charge in [0, 0.05) is 31.9 Å². The van der Waals surface area contributed by atoms with Crippen LogP contribution in [0.4, 0.5) is 5.69 Å². The summed E-state index contributed by atoms with van der Waals surface area (Å²) < 4.78 is 5.12. The molecule has 0 saturated carbocycles. The third-order valence-corrected chi connectivity index (χ3v) is 4.17. The quantitative estimate of drug-likeness (QED) is 0.838. The maximum Gasteiger partial charge on any atom is 0.335 e. The molecule has 1 fully saturated rings. The second-order valence-electron chi connectivity index (χ2n) is 5.98. The first-order chi connectivity index (χ1) is 12.5. The molecule has 0 bridgehead atoms. The van der Waals surface area contributed by atoms with Crippen LogP contribution < -0.4 is 5.32 Å². The number of piperazine rings is 1. The van der Waals surface area contributed by atoms with Crippen LogP contribution in [-0.2, 0) is 4.79 Å². The third-order valence-electron chi connectivity index (χ3n) is 4.17. The first kappa shape index (κ1) is 17.7. The minimum Gasteiger partial charge on any atom is -0.478 e. The molecule has 1 aliphatic rings. The van der Waals surface area contributed by atoms with E-state index < -0.39 is 5.97 Å². The maximum atomic E-state index is 12.2. The van der Waals surface area contributed by atoms with Crippen LogP contribution in [0.1, 0.15) is 20.9 Å². The van der Waals surface area contributed by atoms with Gasteiger partial charge in [0.1, 0.15) is 0 Å². The van der Waals surface area contributed by atoms with Crippen molar-refractivity contribution in [3.05, 3.63) is 54.0 Å². The SMILES string of the molecule is O=C(CN1CCN(C(=O)c2ccco2)CC1)Nc1ccc(C(=O)O)cc1. The Labute approximate surface area is 150 Å². The molecule has 1 aromatic heterocycles. The lowest BCUT2D eigenvalue weighted by atomic mass is 10.2. The number of aromatic carboxylic acids is 1. The van der Waals surface area contributed by atoms with Crippen molar-refractivity contribution in [1.82, 2.24) is 9.80 Å². The molecule has 3 rings (SSSR count). The van der Waals surface area contributed by atoms with Crippen LogP contribution in [0, 0.1) is 0 Å². The fraction of sp³-hybridized carbons (Fsp3) is 0.278. The van der Waals surface area contributed by atoms with E-state index in [1.54, 1.807) is 29.2 Å². The van der Waals surface area contributed by atoms with Crippen LogP contribution in [0.3, 0.4) is 0 Å². The van der Waals surface area contributed by atoms with Gasteiger partial charge in [0.05, 0.1) is 18.4 Å². The van der Waals surface area contributed by atoms with Gasteiger partial charge in [0.2, 0.25) is 5.91 Å². The second-order valence-corrected chi connectivity index (χ2v) is 5.98. The van der Waals surface area contributed by atoms with E-state index in [9.17, 15) is 14.4 Å². The summed E-state index contributed by atoms with van der Waals surface area (Å²) in [5.41, 5.74) is 0.715. The van der Waals surface area contributed by atoms with Crippen molar-refractivity contribution in [2.45, 2.75) is 0 Å². The smallest absolute Gasteiger partial charge is 0.335 e. The number of rotatable bonds is 5. The van der Waals surface area contributed by atoms with Crippen LogP contribution >= 0.6 is 0 Å². The van der Waals surface area contributed by atoms with E-state index in [1.165, 1.54) is 18.4 Å². The predicted octanol–water partition coefficient (Wildman–Crippen LogP) is 1.37. The van der Waals surface area contributed by atoms with E-state index in [2.05, 4.69) is 5.32 Å². The summed E-state index contributed by atoms with van der Waals surface area (Å²) in [4.78, 5) is 38.8. The van der Waals surface area contributed by atoms with Crippen LogP contribution in [0.25, 0.3) is 0 Å². The molecule has 0 unspecified atom stereocenters. The van der Waals surface area contributed by atoms with Crippen LogP contribution in [-0.4, -0.2) is 65.4 Å². The summed E-state index contributed by atoms with van der Waals surface area (Å²) in [5.74, 6) is -1.01. The lowest BCUT2D eigenvalue weighted by molar-refractivity contribution is -0.117. The minimum atomic E-state index is -1.01. The molecule has 8 nitrogen and oxygen atoms in total. The highest BCUT2D eigenvalue weighted by molar-refractivity contribution is 5.94. The Morgan fingerprint density at radius 1 is 1.04 bits per heavy atom. The van der Waals surface area contributed by atoms with Crippen molar-refractivity contribution in [1.29, 1.82) is 0 Å². The number of carbonyl (C=O) groups excluding carboxylic acids is 2. The number of nitrogens with zero attached hydrogens (tertiary/aromatic N) is 2. The maximum absolute atomic E-state index is 12.2. The van der Waals surface area contributed by atoms with E-state index >= 15 is 0 Å². The number of hydrogen-bond donors (Lipinski definition) is 2. The molecule has 136 valence electrons. The Morgan fingerprint density at radius 3 is 2.31 bits per heavy atom. The average Bonchev–Trinajstić information content (AvgIpc) is 3.17. The van der Waals surface area contributed by atoms with Crippen molar-refractivity contribution in [2.75, 3.05) is 38.0 Å². The van der Waals surface area contributed by atoms with Crippen molar-refractivity contribution in [2.24, 2.45) is 0 Å². The zero-order chi connectivity index (χ0) is 18.5. The Bertz CT molecular complexity index is 778. The highest BCUT2D eigenvalue weighted by atomic mass is 16.4. The summed E-state index contributed by atoms with van der Waals surface area (Å²) in [6, 6.07) is 9.31. The van der Waals surface area contributed by atoms with Crippen molar-refractivity contribution in [3.8, 4) is 0 Å². The molecule has 1 aliphatic heterocycles. The third kappa shape index (κ3) is 4.28. The number of hydrogen-bond acceptors (Lipinski definition) is 5. The number of furan rings is 1. The van der Waals surface area contributed by atoms with Gasteiger partial charge >= 0.3 is 5.97 Å². The minimum absolute atomic E-state index is 0.141. The van der Waals surface area contributed by atoms with Crippen molar-refractivity contribution >= 4 is 23.5 Å². The molecule has 0 aliphatic carbocycles. The summed E-state index contributed by atoms with van der Waals surface area (Å²) in [6.45, 7) is 2.46. The number of amides is 2. The predicted molar refractivity (Wildman–Crippen MR) is 93.1 cm³/mol. The fourth-order valence-corrected chi connectivity index (χ4v) is 2.76. The van der Waals surface area contributed by atoms with Crippen molar-refractivity contribution in [3.63, 3.8) is 0 Å². The summed E-state index contributed by atoms with van der Waals surface area (Å²) >= 11 is 0. The highest BCUT2D eigenvalue weighted by Crippen LogP contribution is 2.11. The molecule has 1 saturated heterocycles.